The van der Waals surface area contributed by atoms with Crippen molar-refractivity contribution in [1.29, 1.82) is 0 Å². The molecule has 2 aromatic rings. The molecule has 0 spiro atoms. The molecule has 2 fully saturated rings. The molecular formula is C25H30N4O4S. The van der Waals surface area contributed by atoms with Crippen LogP contribution in [0.1, 0.15) is 43.7 Å². The standard InChI is InChI=1S/C25H30N4O4S/c1-17(2)16-20(30)22(31)28-12-8-18(9-13-28)25(21-7-3-4-11-26-21)23(32)29(24(33)27-25)14-10-19-6-5-15-34-19/h3-7,11,15,17-18H,8-10,12-14,16H2,1-2H3,(H,27,33). The van der Waals surface area contributed by atoms with Crippen LogP contribution in [-0.4, -0.2) is 58.0 Å². The van der Waals surface area contributed by atoms with Crippen molar-refractivity contribution in [2.45, 2.75) is 45.1 Å². The van der Waals surface area contributed by atoms with Crippen LogP contribution in [0.3, 0.4) is 0 Å². The van der Waals surface area contributed by atoms with Crippen LogP contribution in [0.5, 0.6) is 0 Å². The van der Waals surface area contributed by atoms with Crippen molar-refractivity contribution in [3.05, 3.63) is 52.5 Å². The number of urea groups is 1. The molecule has 1 N–H and O–H groups in total. The Bertz CT molecular complexity index is 1050. The maximum Gasteiger partial charge on any atom is 0.325 e. The van der Waals surface area contributed by atoms with Crippen molar-refractivity contribution in [2.75, 3.05) is 19.6 Å². The second-order valence-electron chi connectivity index (χ2n) is 9.33. The lowest BCUT2D eigenvalue weighted by Gasteiger charge is -2.40. The highest BCUT2D eigenvalue weighted by molar-refractivity contribution is 7.09. The van der Waals surface area contributed by atoms with Gasteiger partial charge in [-0.25, -0.2) is 4.79 Å². The van der Waals surface area contributed by atoms with Crippen LogP contribution in [0, 0.1) is 11.8 Å². The lowest BCUT2D eigenvalue weighted by molar-refractivity contribution is -0.146. The summed E-state index contributed by atoms with van der Waals surface area (Å²) in [6.45, 7) is 4.83. The normalized spacial score (nSPS) is 21.3. The van der Waals surface area contributed by atoms with Gasteiger partial charge in [-0.2, -0.15) is 0 Å². The molecule has 34 heavy (non-hydrogen) atoms. The fraction of sp³-hybridized carbons (Fsp3) is 0.480. The molecule has 0 saturated carbocycles. The van der Waals surface area contributed by atoms with Crippen molar-refractivity contribution in [3.63, 3.8) is 0 Å². The second kappa shape index (κ2) is 10.0. The number of hydrogen-bond donors (Lipinski definition) is 1. The third kappa shape index (κ3) is 4.61. The third-order valence-electron chi connectivity index (χ3n) is 6.59. The molecule has 0 aliphatic carbocycles. The van der Waals surface area contributed by atoms with Gasteiger partial charge in [0.1, 0.15) is 0 Å². The number of likely N-dealkylation sites (tertiary alicyclic amines) is 1. The highest BCUT2D eigenvalue weighted by Crippen LogP contribution is 2.40. The van der Waals surface area contributed by atoms with Crippen LogP contribution in [0.15, 0.2) is 41.9 Å². The van der Waals surface area contributed by atoms with Crippen molar-refractivity contribution in [1.82, 2.24) is 20.1 Å². The smallest absolute Gasteiger partial charge is 0.325 e. The first-order valence-corrected chi connectivity index (χ1v) is 12.6. The van der Waals surface area contributed by atoms with E-state index in [2.05, 4.69) is 10.3 Å². The first-order valence-electron chi connectivity index (χ1n) is 11.7. The van der Waals surface area contributed by atoms with E-state index in [1.807, 2.05) is 31.4 Å². The molecule has 8 nitrogen and oxygen atoms in total. The van der Waals surface area contributed by atoms with Gasteiger partial charge in [-0.3, -0.25) is 24.3 Å². The Morgan fingerprint density at radius 2 is 1.94 bits per heavy atom. The molecule has 0 aromatic carbocycles. The maximum atomic E-state index is 13.8. The number of imide groups is 1. The van der Waals surface area contributed by atoms with Crippen molar-refractivity contribution in [3.8, 4) is 0 Å². The van der Waals surface area contributed by atoms with E-state index in [9.17, 15) is 19.2 Å². The number of nitrogens with one attached hydrogen (secondary N) is 1. The molecule has 0 bridgehead atoms. The molecule has 2 aliphatic heterocycles. The number of thiophene rings is 1. The molecule has 2 saturated heterocycles. The lowest BCUT2D eigenvalue weighted by atomic mass is 9.75. The summed E-state index contributed by atoms with van der Waals surface area (Å²) in [4.78, 5) is 60.1. The topological polar surface area (TPSA) is 99.7 Å². The number of pyridine rings is 1. The molecule has 9 heteroatoms. The number of amides is 4. The minimum absolute atomic E-state index is 0.118. The van der Waals surface area contributed by atoms with Crippen LogP contribution in [0.25, 0.3) is 0 Å². The zero-order valence-electron chi connectivity index (χ0n) is 19.5. The average Bonchev–Trinajstić information content (AvgIpc) is 3.44. The van der Waals surface area contributed by atoms with Crippen LogP contribution in [-0.2, 0) is 26.3 Å². The van der Waals surface area contributed by atoms with Gasteiger partial charge in [0.25, 0.3) is 11.8 Å². The number of ketones is 1. The van der Waals surface area contributed by atoms with Crippen molar-refractivity contribution < 1.29 is 19.2 Å². The van der Waals surface area contributed by atoms with Gasteiger partial charge < -0.3 is 10.2 Å². The minimum Gasteiger partial charge on any atom is -0.336 e. The predicted molar refractivity (Wildman–Crippen MR) is 128 cm³/mol. The summed E-state index contributed by atoms with van der Waals surface area (Å²) in [6, 6.07) is 8.87. The van der Waals surface area contributed by atoms with E-state index in [4.69, 9.17) is 0 Å². The summed E-state index contributed by atoms with van der Waals surface area (Å²) >= 11 is 1.59. The summed E-state index contributed by atoms with van der Waals surface area (Å²) in [7, 11) is 0. The first kappa shape index (κ1) is 24.1. The van der Waals surface area contributed by atoms with Crippen LogP contribution in [0.4, 0.5) is 4.79 Å². The number of piperidine rings is 1. The molecular weight excluding hydrogens is 452 g/mol. The van der Waals surface area contributed by atoms with Gasteiger partial charge >= 0.3 is 6.03 Å². The fourth-order valence-corrected chi connectivity index (χ4v) is 5.58. The SMILES string of the molecule is CC(C)CC(=O)C(=O)N1CCC(C2(c3ccccn3)NC(=O)N(CCc3cccs3)C2=O)CC1. The van der Waals surface area contributed by atoms with E-state index in [1.54, 1.807) is 40.6 Å². The van der Waals surface area contributed by atoms with E-state index in [0.29, 0.717) is 44.6 Å². The molecule has 2 aromatic heterocycles. The zero-order valence-corrected chi connectivity index (χ0v) is 20.3. The fourth-order valence-electron chi connectivity index (χ4n) is 4.88. The van der Waals surface area contributed by atoms with Gasteiger partial charge in [-0.05, 0) is 48.8 Å². The number of nitrogens with zero attached hydrogens (tertiary/aromatic N) is 3. The number of carbonyl (C=O) groups is 4. The summed E-state index contributed by atoms with van der Waals surface area (Å²) < 4.78 is 0. The van der Waals surface area contributed by atoms with Gasteiger partial charge in [-0.15, -0.1) is 11.3 Å². The number of rotatable bonds is 8. The zero-order chi connectivity index (χ0) is 24.3. The highest BCUT2D eigenvalue weighted by atomic mass is 32.1. The van der Waals surface area contributed by atoms with E-state index in [0.717, 1.165) is 4.88 Å². The van der Waals surface area contributed by atoms with Crippen LogP contribution >= 0.6 is 11.3 Å². The number of hydrogen-bond acceptors (Lipinski definition) is 6. The Kier molecular flexibility index (Phi) is 7.11. The molecule has 2 aliphatic rings. The molecule has 1 atom stereocenters. The number of aromatic nitrogens is 1. The van der Waals surface area contributed by atoms with Crippen molar-refractivity contribution in [2.24, 2.45) is 11.8 Å². The Labute approximate surface area is 203 Å². The van der Waals surface area contributed by atoms with E-state index in [1.165, 1.54) is 4.90 Å². The minimum atomic E-state index is -1.27. The monoisotopic (exact) mass is 482 g/mol. The maximum absolute atomic E-state index is 13.8. The first-order chi connectivity index (χ1) is 16.3. The van der Waals surface area contributed by atoms with Gasteiger partial charge in [0.15, 0.2) is 5.54 Å². The Morgan fingerprint density at radius 3 is 2.56 bits per heavy atom. The quantitative estimate of drug-likeness (QED) is 0.461. The van der Waals surface area contributed by atoms with E-state index < -0.39 is 17.5 Å². The second-order valence-corrected chi connectivity index (χ2v) is 10.4. The van der Waals surface area contributed by atoms with Gasteiger partial charge in [0.05, 0.1) is 5.69 Å². The lowest BCUT2D eigenvalue weighted by Crippen LogP contribution is -2.55. The third-order valence-corrected chi connectivity index (χ3v) is 7.53. The van der Waals surface area contributed by atoms with Crippen molar-refractivity contribution >= 4 is 35.0 Å². The molecule has 4 heterocycles. The number of carbonyl (C=O) groups excluding carboxylic acids is 4. The van der Waals surface area contributed by atoms with Gasteiger partial charge in [0, 0.05) is 43.0 Å². The number of Topliss-reactive ketones (excluding diaryl/α,β-unsaturated/α-hetero) is 1. The Morgan fingerprint density at radius 1 is 1.18 bits per heavy atom. The summed E-state index contributed by atoms with van der Waals surface area (Å²) in [5.74, 6) is -1.26. The molecule has 4 rings (SSSR count). The van der Waals surface area contributed by atoms with Gasteiger partial charge in [0.2, 0.25) is 5.78 Å². The molecule has 4 amide bonds. The molecule has 1 unspecified atom stereocenters. The largest absolute Gasteiger partial charge is 0.336 e. The average molecular weight is 483 g/mol. The van der Waals surface area contributed by atoms with E-state index >= 15 is 0 Å². The summed E-state index contributed by atoms with van der Waals surface area (Å²) in [6.07, 6.45) is 3.42. The predicted octanol–water partition coefficient (Wildman–Crippen LogP) is 2.99. The molecule has 180 valence electrons. The summed E-state index contributed by atoms with van der Waals surface area (Å²) in [5, 5.41) is 4.96. The van der Waals surface area contributed by atoms with E-state index in [-0.39, 0.29) is 29.9 Å². The van der Waals surface area contributed by atoms with Gasteiger partial charge in [-0.1, -0.05) is 26.0 Å². The highest BCUT2D eigenvalue weighted by Gasteiger charge is 2.58. The van der Waals surface area contributed by atoms with Crippen LogP contribution in [0.2, 0.25) is 0 Å². The Balaban J connectivity index is 1.54. The Hall–Kier alpha value is -3.07. The van der Waals surface area contributed by atoms with Crippen LogP contribution < -0.4 is 5.32 Å². The summed E-state index contributed by atoms with van der Waals surface area (Å²) in [5.41, 5.74) is -0.766. The molecule has 0 radical (unpaired) electrons.